The summed E-state index contributed by atoms with van der Waals surface area (Å²) in [5.41, 5.74) is 0.684. The lowest BCUT2D eigenvalue weighted by molar-refractivity contribution is -0.141. The first-order valence-corrected chi connectivity index (χ1v) is 4.93. The number of carboxylic acid groups (broad SMARTS) is 1. The average molecular weight is 242 g/mol. The lowest BCUT2D eigenvalue weighted by Crippen LogP contribution is -2.50. The number of carbonyl (C=O) groups excluding carboxylic acids is 1. The van der Waals surface area contributed by atoms with Crippen LogP contribution in [-0.2, 0) is 11.3 Å². The lowest BCUT2D eigenvalue weighted by Gasteiger charge is -2.17. The van der Waals surface area contributed by atoms with Crippen molar-refractivity contribution in [2.24, 2.45) is 0 Å². The topological polar surface area (TPSA) is 127 Å². The van der Waals surface area contributed by atoms with Gasteiger partial charge >= 0.3 is 12.0 Å². The Morgan fingerprint density at radius 3 is 2.76 bits per heavy atom. The number of aromatic nitrogens is 2. The lowest BCUT2D eigenvalue weighted by atomic mass is 10.2. The number of imidazole rings is 1. The molecule has 1 rings (SSSR count). The van der Waals surface area contributed by atoms with Gasteiger partial charge in [-0.3, -0.25) is 0 Å². The van der Waals surface area contributed by atoms with Crippen molar-refractivity contribution in [2.45, 2.75) is 25.6 Å². The Bertz CT molecular complexity index is 376. The minimum absolute atomic E-state index is 0.192. The highest BCUT2D eigenvalue weighted by molar-refractivity contribution is 5.82. The van der Waals surface area contributed by atoms with Crippen LogP contribution in [0.15, 0.2) is 12.5 Å². The Balaban J connectivity index is 2.40. The minimum atomic E-state index is -1.34. The highest BCUT2D eigenvalue weighted by atomic mass is 16.4. The molecule has 0 aliphatic heterocycles. The van der Waals surface area contributed by atoms with Crippen LogP contribution in [0, 0.1) is 0 Å². The monoisotopic (exact) mass is 242 g/mol. The van der Waals surface area contributed by atoms with Crippen molar-refractivity contribution in [1.29, 1.82) is 0 Å². The van der Waals surface area contributed by atoms with E-state index in [1.165, 1.54) is 19.4 Å². The Morgan fingerprint density at radius 2 is 2.29 bits per heavy atom. The van der Waals surface area contributed by atoms with E-state index in [1.807, 2.05) is 0 Å². The number of carbonyl (C=O) groups is 2. The first kappa shape index (κ1) is 13.0. The number of urea groups is 1. The molecule has 94 valence electrons. The van der Waals surface area contributed by atoms with Crippen LogP contribution < -0.4 is 10.6 Å². The van der Waals surface area contributed by atoms with Gasteiger partial charge in [0.2, 0.25) is 0 Å². The van der Waals surface area contributed by atoms with Crippen LogP contribution in [-0.4, -0.2) is 44.3 Å². The third-order valence-corrected chi connectivity index (χ3v) is 2.03. The second-order valence-electron chi connectivity index (χ2n) is 3.46. The van der Waals surface area contributed by atoms with Crippen molar-refractivity contribution in [3.05, 3.63) is 18.2 Å². The molecule has 0 aliphatic carbocycles. The third-order valence-electron chi connectivity index (χ3n) is 2.03. The molecule has 0 aliphatic rings. The summed E-state index contributed by atoms with van der Waals surface area (Å²) < 4.78 is 0. The van der Waals surface area contributed by atoms with Gasteiger partial charge in [-0.25, -0.2) is 14.6 Å². The third kappa shape index (κ3) is 4.11. The molecule has 17 heavy (non-hydrogen) atoms. The number of aliphatic carboxylic acids is 1. The van der Waals surface area contributed by atoms with Crippen LogP contribution >= 0.6 is 0 Å². The maximum Gasteiger partial charge on any atom is 0.328 e. The van der Waals surface area contributed by atoms with Gasteiger partial charge in [0.05, 0.1) is 24.7 Å². The summed E-state index contributed by atoms with van der Waals surface area (Å²) >= 11 is 0. The molecular formula is C9H14N4O4. The van der Waals surface area contributed by atoms with Crippen LogP contribution in [0.2, 0.25) is 0 Å². The Kier molecular flexibility index (Phi) is 4.46. The zero-order chi connectivity index (χ0) is 12.8. The van der Waals surface area contributed by atoms with E-state index in [2.05, 4.69) is 20.6 Å². The fourth-order valence-electron chi connectivity index (χ4n) is 1.14. The smallest absolute Gasteiger partial charge is 0.328 e. The van der Waals surface area contributed by atoms with Crippen molar-refractivity contribution in [2.75, 3.05) is 0 Å². The fourth-order valence-corrected chi connectivity index (χ4v) is 1.14. The first-order chi connectivity index (χ1) is 8.00. The van der Waals surface area contributed by atoms with E-state index in [-0.39, 0.29) is 6.54 Å². The summed E-state index contributed by atoms with van der Waals surface area (Å²) in [5, 5.41) is 22.4. The predicted octanol–water partition coefficient (Wildman–Crippen LogP) is -0.957. The van der Waals surface area contributed by atoms with Gasteiger partial charge in [-0.05, 0) is 6.92 Å². The van der Waals surface area contributed by atoms with E-state index in [0.29, 0.717) is 5.69 Å². The first-order valence-electron chi connectivity index (χ1n) is 4.93. The number of hydrogen-bond acceptors (Lipinski definition) is 4. The summed E-state index contributed by atoms with van der Waals surface area (Å²) in [6.07, 6.45) is 1.82. The molecule has 1 heterocycles. The van der Waals surface area contributed by atoms with Crippen LogP contribution in [0.5, 0.6) is 0 Å². The normalized spacial score (nSPS) is 13.8. The van der Waals surface area contributed by atoms with Crippen LogP contribution in [0.4, 0.5) is 4.79 Å². The molecule has 0 spiro atoms. The fraction of sp³-hybridized carbons (Fsp3) is 0.444. The Morgan fingerprint density at radius 1 is 1.59 bits per heavy atom. The SMILES string of the molecule is CC(O)C(NC(=O)NCc1cnc[nH]1)C(=O)O. The number of amides is 2. The molecule has 1 aromatic rings. The van der Waals surface area contributed by atoms with Crippen molar-refractivity contribution in [1.82, 2.24) is 20.6 Å². The van der Waals surface area contributed by atoms with Gasteiger partial charge in [0.15, 0.2) is 6.04 Å². The van der Waals surface area contributed by atoms with Gasteiger partial charge in [-0.2, -0.15) is 0 Å². The summed E-state index contributed by atoms with van der Waals surface area (Å²) in [4.78, 5) is 28.5. The van der Waals surface area contributed by atoms with Gasteiger partial charge in [-0.15, -0.1) is 0 Å². The molecule has 0 bridgehead atoms. The highest BCUT2D eigenvalue weighted by Crippen LogP contribution is 1.94. The molecule has 2 amide bonds. The van der Waals surface area contributed by atoms with E-state index in [1.54, 1.807) is 0 Å². The van der Waals surface area contributed by atoms with Gasteiger partial charge in [-0.1, -0.05) is 0 Å². The maximum absolute atomic E-state index is 11.3. The number of hydrogen-bond donors (Lipinski definition) is 5. The largest absolute Gasteiger partial charge is 0.480 e. The van der Waals surface area contributed by atoms with Gasteiger partial charge in [0.25, 0.3) is 0 Å². The summed E-state index contributed by atoms with van der Waals surface area (Å²) in [6.45, 7) is 1.48. The van der Waals surface area contributed by atoms with E-state index < -0.39 is 24.1 Å². The van der Waals surface area contributed by atoms with E-state index >= 15 is 0 Å². The molecule has 0 aromatic carbocycles. The molecule has 0 fully saturated rings. The van der Waals surface area contributed by atoms with E-state index in [0.717, 1.165) is 0 Å². The quantitative estimate of drug-likeness (QED) is 0.454. The highest BCUT2D eigenvalue weighted by Gasteiger charge is 2.24. The number of carboxylic acids is 1. The number of H-pyrrole nitrogens is 1. The number of nitrogens with one attached hydrogen (secondary N) is 3. The number of rotatable bonds is 5. The molecule has 0 saturated carbocycles. The molecule has 0 radical (unpaired) electrons. The summed E-state index contributed by atoms with van der Waals surface area (Å²) in [6, 6.07) is -2.01. The number of aromatic amines is 1. The van der Waals surface area contributed by atoms with Crippen molar-refractivity contribution < 1.29 is 19.8 Å². The molecule has 5 N–H and O–H groups in total. The predicted molar refractivity (Wildman–Crippen MR) is 57.1 cm³/mol. The van der Waals surface area contributed by atoms with E-state index in [9.17, 15) is 9.59 Å². The summed E-state index contributed by atoms with van der Waals surface area (Å²) in [5.74, 6) is -1.29. The van der Waals surface area contributed by atoms with Crippen LogP contribution in [0.25, 0.3) is 0 Å². The second-order valence-corrected chi connectivity index (χ2v) is 3.46. The Hall–Kier alpha value is -2.09. The second kappa shape index (κ2) is 5.85. The van der Waals surface area contributed by atoms with Gasteiger partial charge < -0.3 is 25.8 Å². The molecule has 2 atom stereocenters. The zero-order valence-corrected chi connectivity index (χ0v) is 9.17. The van der Waals surface area contributed by atoms with Crippen molar-refractivity contribution in [3.8, 4) is 0 Å². The van der Waals surface area contributed by atoms with Crippen LogP contribution in [0.3, 0.4) is 0 Å². The Labute approximate surface area is 97.1 Å². The average Bonchev–Trinajstić information content (AvgIpc) is 2.74. The number of aliphatic hydroxyl groups excluding tert-OH is 1. The number of aliphatic hydroxyl groups is 1. The molecule has 1 aromatic heterocycles. The standard InChI is InChI=1S/C9H14N4O4/c1-5(14)7(8(15)16)13-9(17)11-3-6-2-10-4-12-6/h2,4-5,7,14H,3H2,1H3,(H,10,12)(H,15,16)(H2,11,13,17). The van der Waals surface area contributed by atoms with Gasteiger partial charge in [0.1, 0.15) is 0 Å². The number of nitrogens with zero attached hydrogens (tertiary/aromatic N) is 1. The molecule has 2 unspecified atom stereocenters. The maximum atomic E-state index is 11.3. The minimum Gasteiger partial charge on any atom is -0.480 e. The van der Waals surface area contributed by atoms with E-state index in [4.69, 9.17) is 10.2 Å². The van der Waals surface area contributed by atoms with Gasteiger partial charge in [0, 0.05) is 6.20 Å². The van der Waals surface area contributed by atoms with Crippen molar-refractivity contribution >= 4 is 12.0 Å². The molecule has 8 heteroatoms. The van der Waals surface area contributed by atoms with Crippen LogP contribution in [0.1, 0.15) is 12.6 Å². The van der Waals surface area contributed by atoms with Crippen molar-refractivity contribution in [3.63, 3.8) is 0 Å². The zero-order valence-electron chi connectivity index (χ0n) is 9.17. The summed E-state index contributed by atoms with van der Waals surface area (Å²) in [7, 11) is 0. The molecule has 0 saturated heterocycles. The molecular weight excluding hydrogens is 228 g/mol. The molecule has 8 nitrogen and oxygen atoms in total.